The van der Waals surface area contributed by atoms with Crippen molar-refractivity contribution in [1.29, 1.82) is 0 Å². The maximum Gasteiger partial charge on any atom is 0.349 e. The van der Waals surface area contributed by atoms with Crippen LogP contribution in [0.2, 0.25) is 0 Å². The summed E-state index contributed by atoms with van der Waals surface area (Å²) in [5.74, 6) is 1.86. The molecule has 1 aliphatic heterocycles. The summed E-state index contributed by atoms with van der Waals surface area (Å²) in [7, 11) is 0. The molecule has 1 saturated heterocycles. The Bertz CT molecular complexity index is 1030. The molecule has 4 rings (SSSR count). The third-order valence-corrected chi connectivity index (χ3v) is 5.52. The van der Waals surface area contributed by atoms with E-state index in [0.29, 0.717) is 11.3 Å². The van der Waals surface area contributed by atoms with Crippen molar-refractivity contribution in [1.82, 2.24) is 4.90 Å². The predicted octanol–water partition coefficient (Wildman–Crippen LogP) is 3.59. The van der Waals surface area contributed by atoms with Gasteiger partial charge in [0.05, 0.1) is 0 Å². The van der Waals surface area contributed by atoms with Crippen molar-refractivity contribution >= 4 is 34.3 Å². The molecule has 0 radical (unpaired) electrons. The Balaban J connectivity index is 1.52. The number of nitrogens with one attached hydrogen (secondary N) is 1. The zero-order valence-corrected chi connectivity index (χ0v) is 15.6. The Morgan fingerprint density at radius 3 is 2.74 bits per heavy atom. The van der Waals surface area contributed by atoms with Gasteiger partial charge >= 0.3 is 5.63 Å². The van der Waals surface area contributed by atoms with Gasteiger partial charge in [0.25, 0.3) is 5.91 Å². The number of hydrogen-bond donors (Lipinski definition) is 1. The molecular weight excluding hydrogens is 360 g/mol. The van der Waals surface area contributed by atoms with Gasteiger partial charge in [-0.25, -0.2) is 4.79 Å². The molecule has 0 bridgehead atoms. The fourth-order valence-electron chi connectivity index (χ4n) is 3.18. The quantitative estimate of drug-likeness (QED) is 0.701. The Kier molecular flexibility index (Phi) is 5.27. The molecule has 0 spiro atoms. The van der Waals surface area contributed by atoms with Crippen molar-refractivity contribution in [3.8, 4) is 0 Å². The van der Waals surface area contributed by atoms with Crippen molar-refractivity contribution in [2.75, 3.05) is 29.9 Å². The standard InChI is InChI=1S/C21H20N2O3S/c24-20(18-13-16-5-1-2-7-19(16)26-21(18)25)22-17-6-3-4-15(12-17)14-23-8-10-27-11-9-23/h1-7,12-13H,8-11,14H2,(H,22,24). The molecule has 1 fully saturated rings. The van der Waals surface area contributed by atoms with Crippen LogP contribution < -0.4 is 10.9 Å². The highest BCUT2D eigenvalue weighted by atomic mass is 32.2. The molecule has 1 aliphatic rings. The van der Waals surface area contributed by atoms with Gasteiger partial charge < -0.3 is 9.73 Å². The molecular formula is C21H20N2O3S. The lowest BCUT2D eigenvalue weighted by Crippen LogP contribution is -2.31. The van der Waals surface area contributed by atoms with Gasteiger partial charge in [0, 0.05) is 42.2 Å². The highest BCUT2D eigenvalue weighted by Crippen LogP contribution is 2.17. The van der Waals surface area contributed by atoms with E-state index in [0.717, 1.165) is 42.1 Å². The van der Waals surface area contributed by atoms with Crippen LogP contribution in [0, 0.1) is 0 Å². The maximum absolute atomic E-state index is 12.6. The summed E-state index contributed by atoms with van der Waals surface area (Å²) in [6.45, 7) is 3.03. The zero-order chi connectivity index (χ0) is 18.6. The zero-order valence-electron chi connectivity index (χ0n) is 14.8. The number of nitrogens with zero attached hydrogens (tertiary/aromatic N) is 1. The number of fused-ring (bicyclic) bond motifs is 1. The number of thioether (sulfide) groups is 1. The van der Waals surface area contributed by atoms with Crippen LogP contribution in [0.25, 0.3) is 11.0 Å². The molecule has 0 unspecified atom stereocenters. The van der Waals surface area contributed by atoms with Gasteiger partial charge in [0.2, 0.25) is 0 Å². The first-order valence-electron chi connectivity index (χ1n) is 8.92. The highest BCUT2D eigenvalue weighted by Gasteiger charge is 2.15. The van der Waals surface area contributed by atoms with Crippen molar-refractivity contribution in [3.05, 3.63) is 76.1 Å². The summed E-state index contributed by atoms with van der Waals surface area (Å²) in [5, 5.41) is 3.54. The number of amides is 1. The second kappa shape index (κ2) is 7.98. The molecule has 0 aliphatic carbocycles. The lowest BCUT2D eigenvalue weighted by molar-refractivity contribution is 0.102. The van der Waals surface area contributed by atoms with E-state index in [1.807, 2.05) is 42.1 Å². The molecule has 138 valence electrons. The Morgan fingerprint density at radius 1 is 1.07 bits per heavy atom. The molecule has 0 atom stereocenters. The van der Waals surface area contributed by atoms with Crippen LogP contribution in [-0.2, 0) is 6.54 Å². The largest absolute Gasteiger partial charge is 0.422 e. The Labute approximate surface area is 161 Å². The van der Waals surface area contributed by atoms with Crippen LogP contribution >= 0.6 is 11.8 Å². The number of carbonyl (C=O) groups excluding carboxylic acids is 1. The molecule has 2 aromatic carbocycles. The minimum Gasteiger partial charge on any atom is -0.422 e. The summed E-state index contributed by atoms with van der Waals surface area (Å²) in [4.78, 5) is 27.2. The fraction of sp³-hybridized carbons (Fsp3) is 0.238. The van der Waals surface area contributed by atoms with Crippen molar-refractivity contribution in [2.45, 2.75) is 6.54 Å². The summed E-state index contributed by atoms with van der Waals surface area (Å²) >= 11 is 1.98. The topological polar surface area (TPSA) is 62.6 Å². The van der Waals surface area contributed by atoms with Gasteiger partial charge in [0.1, 0.15) is 11.1 Å². The second-order valence-corrected chi connectivity index (χ2v) is 7.75. The molecule has 1 N–H and O–H groups in total. The van der Waals surface area contributed by atoms with Gasteiger partial charge in [-0.05, 0) is 29.8 Å². The second-order valence-electron chi connectivity index (χ2n) is 6.53. The van der Waals surface area contributed by atoms with E-state index in [4.69, 9.17) is 4.42 Å². The Hall–Kier alpha value is -2.57. The third-order valence-electron chi connectivity index (χ3n) is 4.58. The van der Waals surface area contributed by atoms with E-state index in [2.05, 4.69) is 16.3 Å². The Morgan fingerprint density at radius 2 is 1.89 bits per heavy atom. The molecule has 6 heteroatoms. The third kappa shape index (κ3) is 4.23. The molecule has 1 amide bonds. The molecule has 3 aromatic rings. The number of rotatable bonds is 4. The van der Waals surface area contributed by atoms with Crippen LogP contribution in [0.1, 0.15) is 15.9 Å². The normalized spacial score (nSPS) is 15.0. The molecule has 2 heterocycles. The fourth-order valence-corrected chi connectivity index (χ4v) is 4.16. The van der Waals surface area contributed by atoms with Crippen molar-refractivity contribution in [2.24, 2.45) is 0 Å². The lowest BCUT2D eigenvalue weighted by atomic mass is 10.1. The van der Waals surface area contributed by atoms with Crippen LogP contribution in [-0.4, -0.2) is 35.4 Å². The van der Waals surface area contributed by atoms with Gasteiger partial charge in [-0.1, -0.05) is 30.3 Å². The lowest BCUT2D eigenvalue weighted by Gasteiger charge is -2.26. The summed E-state index contributed by atoms with van der Waals surface area (Å²) < 4.78 is 5.25. The van der Waals surface area contributed by atoms with Crippen LogP contribution in [0.15, 0.2) is 63.8 Å². The molecule has 0 saturated carbocycles. The van der Waals surface area contributed by atoms with E-state index in [-0.39, 0.29) is 5.56 Å². The number of anilines is 1. The number of carbonyl (C=O) groups is 1. The van der Waals surface area contributed by atoms with Gasteiger partial charge in [-0.3, -0.25) is 9.69 Å². The molecule has 1 aromatic heterocycles. The van der Waals surface area contributed by atoms with Crippen LogP contribution in [0.3, 0.4) is 0 Å². The summed E-state index contributed by atoms with van der Waals surface area (Å²) in [6, 6.07) is 16.5. The number of hydrogen-bond acceptors (Lipinski definition) is 5. The SMILES string of the molecule is O=C(Nc1cccc(CN2CCSCC2)c1)c1cc2ccccc2oc1=O. The van der Waals surface area contributed by atoms with Crippen LogP contribution in [0.5, 0.6) is 0 Å². The monoisotopic (exact) mass is 380 g/mol. The van der Waals surface area contributed by atoms with Gasteiger partial charge in [-0.15, -0.1) is 0 Å². The number of benzene rings is 2. The van der Waals surface area contributed by atoms with Gasteiger partial charge in [-0.2, -0.15) is 11.8 Å². The van der Waals surface area contributed by atoms with Gasteiger partial charge in [0.15, 0.2) is 0 Å². The van der Waals surface area contributed by atoms with E-state index >= 15 is 0 Å². The first-order chi connectivity index (χ1) is 13.2. The van der Waals surface area contributed by atoms with E-state index in [1.165, 1.54) is 0 Å². The highest BCUT2D eigenvalue weighted by molar-refractivity contribution is 7.99. The number of para-hydroxylation sites is 1. The van der Waals surface area contributed by atoms with Crippen molar-refractivity contribution < 1.29 is 9.21 Å². The van der Waals surface area contributed by atoms with E-state index in [9.17, 15) is 9.59 Å². The predicted molar refractivity (Wildman–Crippen MR) is 109 cm³/mol. The van der Waals surface area contributed by atoms with Crippen molar-refractivity contribution in [3.63, 3.8) is 0 Å². The minimum absolute atomic E-state index is 0.00663. The first kappa shape index (κ1) is 17.8. The molecule has 27 heavy (non-hydrogen) atoms. The minimum atomic E-state index is -0.631. The van der Waals surface area contributed by atoms with E-state index in [1.54, 1.807) is 18.2 Å². The smallest absolute Gasteiger partial charge is 0.349 e. The maximum atomic E-state index is 12.6. The summed E-state index contributed by atoms with van der Waals surface area (Å²) in [5.41, 5.74) is 1.67. The summed E-state index contributed by atoms with van der Waals surface area (Å²) in [6.07, 6.45) is 0. The average Bonchev–Trinajstić information content (AvgIpc) is 2.68. The average molecular weight is 380 g/mol. The molecule has 5 nitrogen and oxygen atoms in total. The van der Waals surface area contributed by atoms with E-state index < -0.39 is 11.5 Å². The van der Waals surface area contributed by atoms with Crippen LogP contribution in [0.4, 0.5) is 5.69 Å². The first-order valence-corrected chi connectivity index (χ1v) is 10.1.